The molecule has 0 fully saturated rings. The van der Waals surface area contributed by atoms with Crippen LogP contribution in [0.5, 0.6) is 5.75 Å². The van der Waals surface area contributed by atoms with E-state index in [9.17, 15) is 15.0 Å². The molecule has 136 valence electrons. The van der Waals surface area contributed by atoms with Crippen LogP contribution in [0.15, 0.2) is 12.1 Å². The summed E-state index contributed by atoms with van der Waals surface area (Å²) in [5.41, 5.74) is 1.71. The molecule has 0 amide bonds. The molecule has 0 atom stereocenters. The first-order chi connectivity index (χ1) is 11.2. The fraction of sp³-hybridized carbons (Fsp3) is 0.667. The van der Waals surface area contributed by atoms with Crippen LogP contribution in [0.4, 0.5) is 0 Å². The van der Waals surface area contributed by atoms with Crippen molar-refractivity contribution in [1.82, 2.24) is 0 Å². The number of aromatic hydroxyl groups is 1. The number of hydrogen-bond acceptors (Lipinski definition) is 2. The molecule has 0 radical (unpaired) electrons. The van der Waals surface area contributed by atoms with Crippen LogP contribution in [0, 0.1) is 5.92 Å². The zero-order valence-electron chi connectivity index (χ0n) is 16.0. The van der Waals surface area contributed by atoms with Gasteiger partial charge >= 0.3 is 5.97 Å². The van der Waals surface area contributed by atoms with E-state index in [1.54, 1.807) is 6.07 Å². The van der Waals surface area contributed by atoms with E-state index < -0.39 is 5.97 Å². The molecular weight excluding hydrogens is 300 g/mol. The van der Waals surface area contributed by atoms with Gasteiger partial charge in [0.05, 0.1) is 0 Å². The summed E-state index contributed by atoms with van der Waals surface area (Å²) in [4.78, 5) is 11.5. The third-order valence-electron chi connectivity index (χ3n) is 5.06. The Balaban J connectivity index is 2.83. The van der Waals surface area contributed by atoms with Crippen molar-refractivity contribution in [2.45, 2.75) is 85.0 Å². The van der Waals surface area contributed by atoms with E-state index in [0.717, 1.165) is 42.7 Å². The molecule has 2 N–H and O–H groups in total. The van der Waals surface area contributed by atoms with Crippen LogP contribution in [0.25, 0.3) is 0 Å². The van der Waals surface area contributed by atoms with E-state index in [1.807, 2.05) is 6.07 Å². The minimum absolute atomic E-state index is 0.0313. The molecule has 0 spiro atoms. The van der Waals surface area contributed by atoms with E-state index in [0.29, 0.717) is 0 Å². The number of aryl methyl sites for hydroxylation is 1. The Labute approximate surface area is 147 Å². The minimum atomic E-state index is -1.06. The number of aromatic carboxylic acids is 1. The summed E-state index contributed by atoms with van der Waals surface area (Å²) in [7, 11) is 0. The largest absolute Gasteiger partial charge is 0.507 e. The van der Waals surface area contributed by atoms with Gasteiger partial charge in [-0.2, -0.15) is 0 Å². The molecule has 0 aliphatic rings. The second-order valence-electron chi connectivity index (χ2n) is 7.92. The Morgan fingerprint density at radius 1 is 1.12 bits per heavy atom. The van der Waals surface area contributed by atoms with Crippen LogP contribution in [0.3, 0.4) is 0 Å². The predicted molar refractivity (Wildman–Crippen MR) is 100 cm³/mol. The molecule has 1 rings (SSSR count). The lowest BCUT2D eigenvalue weighted by Crippen LogP contribution is -2.17. The first kappa shape index (κ1) is 20.5. The molecule has 0 saturated carbocycles. The second-order valence-corrected chi connectivity index (χ2v) is 7.92. The first-order valence-corrected chi connectivity index (χ1v) is 9.28. The summed E-state index contributed by atoms with van der Waals surface area (Å²) < 4.78 is 0. The minimum Gasteiger partial charge on any atom is -0.507 e. The molecule has 3 heteroatoms. The Morgan fingerprint density at radius 2 is 1.75 bits per heavy atom. The Bertz CT molecular complexity index is 544. The standard InChI is InChI=1S/C21H34O3/c1-6-21(4,5)17-13-16(19(22)18(14-17)20(23)24)12-10-8-7-9-11-15(2)3/h13-15,22H,6-12H2,1-5H3,(H,23,24). The zero-order valence-corrected chi connectivity index (χ0v) is 16.0. The molecular formula is C21H34O3. The van der Waals surface area contributed by atoms with Crippen molar-refractivity contribution in [2.75, 3.05) is 0 Å². The van der Waals surface area contributed by atoms with Crippen LogP contribution in [-0.4, -0.2) is 16.2 Å². The van der Waals surface area contributed by atoms with Gasteiger partial charge in [-0.1, -0.05) is 66.4 Å². The summed E-state index contributed by atoms with van der Waals surface area (Å²) in [6.07, 6.45) is 7.47. The summed E-state index contributed by atoms with van der Waals surface area (Å²) in [5.74, 6) is -0.361. The highest BCUT2D eigenvalue weighted by atomic mass is 16.4. The fourth-order valence-electron chi connectivity index (χ4n) is 2.86. The maximum Gasteiger partial charge on any atom is 0.339 e. The Kier molecular flexibility index (Phi) is 7.78. The molecule has 1 aromatic rings. The van der Waals surface area contributed by atoms with Gasteiger partial charge in [-0.05, 0) is 47.8 Å². The van der Waals surface area contributed by atoms with Crippen molar-refractivity contribution < 1.29 is 15.0 Å². The molecule has 0 bridgehead atoms. The molecule has 0 heterocycles. The summed E-state index contributed by atoms with van der Waals surface area (Å²) >= 11 is 0. The molecule has 0 saturated heterocycles. The van der Waals surface area contributed by atoms with Gasteiger partial charge in [-0.25, -0.2) is 4.79 Å². The average Bonchev–Trinajstić information content (AvgIpc) is 2.51. The van der Waals surface area contributed by atoms with E-state index in [4.69, 9.17) is 0 Å². The van der Waals surface area contributed by atoms with Gasteiger partial charge in [-0.3, -0.25) is 0 Å². The van der Waals surface area contributed by atoms with Crippen molar-refractivity contribution in [3.05, 3.63) is 28.8 Å². The number of unbranched alkanes of at least 4 members (excludes halogenated alkanes) is 3. The highest BCUT2D eigenvalue weighted by Crippen LogP contribution is 2.34. The molecule has 0 unspecified atom stereocenters. The van der Waals surface area contributed by atoms with Gasteiger partial charge in [0.15, 0.2) is 0 Å². The van der Waals surface area contributed by atoms with Crippen LogP contribution >= 0.6 is 0 Å². The monoisotopic (exact) mass is 334 g/mol. The highest BCUT2D eigenvalue weighted by molar-refractivity contribution is 5.91. The predicted octanol–water partition coefficient (Wildman–Crippen LogP) is 5.93. The maximum absolute atomic E-state index is 11.5. The maximum atomic E-state index is 11.5. The number of carboxylic acids is 1. The van der Waals surface area contributed by atoms with Crippen molar-refractivity contribution >= 4 is 5.97 Å². The SMILES string of the molecule is CCC(C)(C)c1cc(CCCCCCC(C)C)c(O)c(C(=O)O)c1. The molecule has 0 aliphatic heterocycles. The molecule has 3 nitrogen and oxygen atoms in total. The zero-order chi connectivity index (χ0) is 18.3. The number of carboxylic acid groups (broad SMARTS) is 1. The molecule has 24 heavy (non-hydrogen) atoms. The number of phenols is 1. The first-order valence-electron chi connectivity index (χ1n) is 9.28. The van der Waals surface area contributed by atoms with Crippen LogP contribution in [-0.2, 0) is 11.8 Å². The number of hydrogen-bond donors (Lipinski definition) is 2. The van der Waals surface area contributed by atoms with Crippen molar-refractivity contribution in [3.8, 4) is 5.75 Å². The van der Waals surface area contributed by atoms with Gasteiger partial charge < -0.3 is 10.2 Å². The lowest BCUT2D eigenvalue weighted by molar-refractivity contribution is 0.0693. The second kappa shape index (κ2) is 9.10. The summed E-state index contributed by atoms with van der Waals surface area (Å²) in [6.45, 7) is 10.8. The summed E-state index contributed by atoms with van der Waals surface area (Å²) in [5, 5.41) is 19.7. The quantitative estimate of drug-likeness (QED) is 0.522. The number of rotatable bonds is 10. The van der Waals surface area contributed by atoms with Crippen molar-refractivity contribution in [2.24, 2.45) is 5.92 Å². The summed E-state index contributed by atoms with van der Waals surface area (Å²) in [6, 6.07) is 3.63. The fourth-order valence-corrected chi connectivity index (χ4v) is 2.86. The lowest BCUT2D eigenvalue weighted by Gasteiger charge is -2.25. The van der Waals surface area contributed by atoms with Crippen LogP contribution < -0.4 is 0 Å². The average molecular weight is 334 g/mol. The number of carbonyl (C=O) groups is 1. The lowest BCUT2D eigenvalue weighted by atomic mass is 9.80. The van der Waals surface area contributed by atoms with Crippen LogP contribution in [0.1, 0.15) is 94.6 Å². The highest BCUT2D eigenvalue weighted by Gasteiger charge is 2.23. The van der Waals surface area contributed by atoms with Crippen molar-refractivity contribution in [3.63, 3.8) is 0 Å². The molecule has 1 aromatic carbocycles. The third-order valence-corrected chi connectivity index (χ3v) is 5.06. The van der Waals surface area contributed by atoms with E-state index in [1.165, 1.54) is 19.3 Å². The molecule has 0 aliphatic carbocycles. The normalized spacial score (nSPS) is 11.9. The van der Waals surface area contributed by atoms with Gasteiger partial charge in [0.25, 0.3) is 0 Å². The van der Waals surface area contributed by atoms with E-state index in [-0.39, 0.29) is 16.7 Å². The van der Waals surface area contributed by atoms with E-state index >= 15 is 0 Å². The van der Waals surface area contributed by atoms with Gasteiger partial charge in [-0.15, -0.1) is 0 Å². The Morgan fingerprint density at radius 3 is 2.29 bits per heavy atom. The van der Waals surface area contributed by atoms with Crippen molar-refractivity contribution in [1.29, 1.82) is 0 Å². The molecule has 0 aromatic heterocycles. The third kappa shape index (κ3) is 5.85. The Hall–Kier alpha value is -1.51. The van der Waals surface area contributed by atoms with E-state index in [2.05, 4.69) is 34.6 Å². The topological polar surface area (TPSA) is 57.5 Å². The van der Waals surface area contributed by atoms with Gasteiger partial charge in [0.2, 0.25) is 0 Å². The number of benzene rings is 1. The van der Waals surface area contributed by atoms with Gasteiger partial charge in [0, 0.05) is 0 Å². The van der Waals surface area contributed by atoms with Gasteiger partial charge in [0.1, 0.15) is 11.3 Å². The van der Waals surface area contributed by atoms with Crippen LogP contribution in [0.2, 0.25) is 0 Å². The smallest absolute Gasteiger partial charge is 0.339 e.